The monoisotopic (exact) mass is 378 g/mol. The summed E-state index contributed by atoms with van der Waals surface area (Å²) in [6, 6.07) is 19.2. The number of amides is 1. The zero-order valence-corrected chi connectivity index (χ0v) is 16.8. The smallest absolute Gasteiger partial charge is 0.287 e. The number of carbonyl (C=O) groups is 1. The van der Waals surface area contributed by atoms with Crippen LogP contribution in [0, 0.1) is 5.92 Å². The van der Waals surface area contributed by atoms with Crippen LogP contribution in [0.1, 0.15) is 25.0 Å². The Kier molecular flexibility index (Phi) is 5.95. The van der Waals surface area contributed by atoms with E-state index in [1.54, 1.807) is 12.0 Å². The molecule has 1 aliphatic heterocycles. The standard InChI is InChI=1S/C23H26N2O3/c1-17(2)15-20-21(27-3)24-23(28-4,19-13-9-6-10-14-19)22(26)25(20)16-18-11-7-5-8-12-18/h5-15,17H,16H2,1-4H3/b20-15-. The fourth-order valence-electron chi connectivity index (χ4n) is 3.31. The molecule has 1 heterocycles. The molecule has 2 aromatic rings. The van der Waals surface area contributed by atoms with Crippen LogP contribution in [0.3, 0.4) is 0 Å². The Morgan fingerprint density at radius 1 is 1.04 bits per heavy atom. The summed E-state index contributed by atoms with van der Waals surface area (Å²) < 4.78 is 11.4. The van der Waals surface area contributed by atoms with Crippen LogP contribution in [-0.4, -0.2) is 30.9 Å². The number of carbonyl (C=O) groups excluding carboxylic acids is 1. The molecule has 1 unspecified atom stereocenters. The fourth-order valence-corrected chi connectivity index (χ4v) is 3.31. The molecule has 0 aromatic heterocycles. The quantitative estimate of drug-likeness (QED) is 0.787. The van der Waals surface area contributed by atoms with Crippen LogP contribution >= 0.6 is 0 Å². The van der Waals surface area contributed by atoms with E-state index in [0.717, 1.165) is 5.56 Å². The first kappa shape index (κ1) is 19.8. The van der Waals surface area contributed by atoms with Crippen molar-refractivity contribution in [1.82, 2.24) is 4.90 Å². The minimum atomic E-state index is -1.48. The minimum absolute atomic E-state index is 0.216. The number of hydrogen-bond acceptors (Lipinski definition) is 4. The summed E-state index contributed by atoms with van der Waals surface area (Å²) >= 11 is 0. The summed E-state index contributed by atoms with van der Waals surface area (Å²) in [6.45, 7) is 4.51. The number of nitrogens with zero attached hydrogens (tertiary/aromatic N) is 2. The van der Waals surface area contributed by atoms with E-state index in [2.05, 4.69) is 18.8 Å². The highest BCUT2D eigenvalue weighted by molar-refractivity contribution is 6.04. The second-order valence-corrected chi connectivity index (χ2v) is 7.01. The molecule has 0 saturated carbocycles. The second kappa shape index (κ2) is 8.40. The maximum atomic E-state index is 13.7. The third kappa shape index (κ3) is 3.71. The van der Waals surface area contributed by atoms with Crippen molar-refractivity contribution in [2.75, 3.05) is 14.2 Å². The zero-order chi connectivity index (χ0) is 20.1. The van der Waals surface area contributed by atoms with Gasteiger partial charge in [0.15, 0.2) is 0 Å². The van der Waals surface area contributed by atoms with E-state index in [1.807, 2.05) is 66.7 Å². The van der Waals surface area contributed by atoms with Gasteiger partial charge >= 0.3 is 0 Å². The lowest BCUT2D eigenvalue weighted by molar-refractivity contribution is -0.155. The highest BCUT2D eigenvalue weighted by Gasteiger charge is 2.49. The van der Waals surface area contributed by atoms with E-state index in [4.69, 9.17) is 9.47 Å². The summed E-state index contributed by atoms with van der Waals surface area (Å²) in [6.07, 6.45) is 1.99. The van der Waals surface area contributed by atoms with Gasteiger partial charge in [0.2, 0.25) is 5.90 Å². The maximum absolute atomic E-state index is 13.7. The van der Waals surface area contributed by atoms with E-state index in [0.29, 0.717) is 23.7 Å². The van der Waals surface area contributed by atoms with Crippen LogP contribution in [-0.2, 0) is 26.5 Å². The van der Waals surface area contributed by atoms with Crippen LogP contribution < -0.4 is 0 Å². The minimum Gasteiger partial charge on any atom is -0.480 e. The van der Waals surface area contributed by atoms with Crippen LogP contribution in [0.4, 0.5) is 0 Å². The van der Waals surface area contributed by atoms with Gasteiger partial charge in [-0.25, -0.2) is 4.99 Å². The average molecular weight is 378 g/mol. The van der Waals surface area contributed by atoms with Gasteiger partial charge in [0.05, 0.1) is 13.7 Å². The molecular formula is C23H26N2O3. The molecule has 28 heavy (non-hydrogen) atoms. The molecule has 0 fully saturated rings. The number of ether oxygens (including phenoxy) is 2. The van der Waals surface area contributed by atoms with Crippen molar-refractivity contribution >= 4 is 11.8 Å². The predicted octanol–water partition coefficient (Wildman–Crippen LogP) is 4.11. The first-order valence-electron chi connectivity index (χ1n) is 9.34. The van der Waals surface area contributed by atoms with Crippen molar-refractivity contribution in [2.24, 2.45) is 10.9 Å². The topological polar surface area (TPSA) is 51.1 Å². The molecule has 0 saturated heterocycles. The van der Waals surface area contributed by atoms with Gasteiger partial charge in [-0.1, -0.05) is 80.6 Å². The van der Waals surface area contributed by atoms with Crippen molar-refractivity contribution in [3.8, 4) is 0 Å². The van der Waals surface area contributed by atoms with E-state index < -0.39 is 5.72 Å². The van der Waals surface area contributed by atoms with Gasteiger partial charge in [-0.15, -0.1) is 0 Å². The lowest BCUT2D eigenvalue weighted by Gasteiger charge is -2.39. The molecule has 0 radical (unpaired) electrons. The number of methoxy groups -OCH3 is 2. The molecule has 146 valence electrons. The van der Waals surface area contributed by atoms with Crippen molar-refractivity contribution in [3.05, 3.63) is 83.6 Å². The van der Waals surface area contributed by atoms with Crippen LogP contribution in [0.2, 0.25) is 0 Å². The van der Waals surface area contributed by atoms with Crippen LogP contribution in [0.25, 0.3) is 0 Å². The molecule has 1 atom stereocenters. The molecule has 5 heteroatoms. The molecule has 0 bridgehead atoms. The number of rotatable bonds is 5. The Bertz CT molecular complexity index is 875. The Balaban J connectivity index is 2.18. The van der Waals surface area contributed by atoms with Crippen LogP contribution in [0.5, 0.6) is 0 Å². The maximum Gasteiger partial charge on any atom is 0.287 e. The number of benzene rings is 2. The average Bonchev–Trinajstić information content (AvgIpc) is 2.72. The Hall–Kier alpha value is -2.92. The molecule has 0 N–H and O–H groups in total. The van der Waals surface area contributed by atoms with Gasteiger partial charge in [-0.2, -0.15) is 0 Å². The number of hydrogen-bond donors (Lipinski definition) is 0. The second-order valence-electron chi connectivity index (χ2n) is 7.01. The van der Waals surface area contributed by atoms with E-state index in [9.17, 15) is 4.79 Å². The lowest BCUT2D eigenvalue weighted by Crippen LogP contribution is -2.52. The van der Waals surface area contributed by atoms with Crippen LogP contribution in [0.15, 0.2) is 77.4 Å². The summed E-state index contributed by atoms with van der Waals surface area (Å²) in [4.78, 5) is 20.1. The zero-order valence-electron chi connectivity index (χ0n) is 16.8. The normalized spacial score (nSPS) is 21.2. The van der Waals surface area contributed by atoms with Gasteiger partial charge in [0, 0.05) is 12.7 Å². The Labute approximate surface area is 166 Å². The Morgan fingerprint density at radius 2 is 1.64 bits per heavy atom. The lowest BCUT2D eigenvalue weighted by atomic mass is 9.97. The van der Waals surface area contributed by atoms with Gasteiger partial charge in [0.25, 0.3) is 11.6 Å². The van der Waals surface area contributed by atoms with Crippen molar-refractivity contribution in [3.63, 3.8) is 0 Å². The third-order valence-electron chi connectivity index (χ3n) is 4.63. The first-order valence-corrected chi connectivity index (χ1v) is 9.34. The number of allylic oxidation sites excluding steroid dienone is 1. The SMILES string of the molecule is COC1=NC(OC)(c2ccccc2)C(=O)N(Cc2ccccc2)/C1=C\C(C)C. The first-order chi connectivity index (χ1) is 13.5. The van der Waals surface area contributed by atoms with Crippen molar-refractivity contribution in [2.45, 2.75) is 26.1 Å². The van der Waals surface area contributed by atoms with Gasteiger partial charge in [-0.05, 0) is 11.5 Å². The summed E-state index contributed by atoms with van der Waals surface area (Å²) in [5, 5.41) is 0. The van der Waals surface area contributed by atoms with E-state index in [1.165, 1.54) is 7.11 Å². The van der Waals surface area contributed by atoms with Gasteiger partial charge in [-0.3, -0.25) is 9.69 Å². The van der Waals surface area contributed by atoms with Crippen molar-refractivity contribution < 1.29 is 14.3 Å². The molecule has 2 aromatic carbocycles. The molecule has 3 rings (SSSR count). The predicted molar refractivity (Wildman–Crippen MR) is 109 cm³/mol. The Morgan fingerprint density at radius 3 is 2.18 bits per heavy atom. The van der Waals surface area contributed by atoms with Crippen molar-refractivity contribution in [1.29, 1.82) is 0 Å². The van der Waals surface area contributed by atoms with E-state index >= 15 is 0 Å². The number of aliphatic imine (C=N–C) groups is 1. The van der Waals surface area contributed by atoms with E-state index in [-0.39, 0.29) is 11.8 Å². The third-order valence-corrected chi connectivity index (χ3v) is 4.63. The summed E-state index contributed by atoms with van der Waals surface area (Å²) in [5.74, 6) is 0.362. The summed E-state index contributed by atoms with van der Waals surface area (Å²) in [7, 11) is 3.06. The molecule has 5 nitrogen and oxygen atoms in total. The van der Waals surface area contributed by atoms with Gasteiger partial charge < -0.3 is 9.47 Å². The summed E-state index contributed by atoms with van der Waals surface area (Å²) in [5.41, 5.74) is 0.866. The highest BCUT2D eigenvalue weighted by atomic mass is 16.5. The molecule has 1 aliphatic rings. The molecular weight excluding hydrogens is 352 g/mol. The molecule has 0 spiro atoms. The largest absolute Gasteiger partial charge is 0.480 e. The molecule has 1 amide bonds. The highest BCUT2D eigenvalue weighted by Crippen LogP contribution is 2.36. The molecule has 0 aliphatic carbocycles. The fraction of sp³-hybridized carbons (Fsp3) is 0.304. The van der Waals surface area contributed by atoms with Gasteiger partial charge in [0.1, 0.15) is 5.70 Å².